The highest BCUT2D eigenvalue weighted by molar-refractivity contribution is 6.19. The summed E-state index contributed by atoms with van der Waals surface area (Å²) < 4.78 is 0. The van der Waals surface area contributed by atoms with Crippen LogP contribution in [0.1, 0.15) is 0 Å². The number of aliphatic carboxylic acids is 1. The molecule has 1 N–H and O–H groups in total. The van der Waals surface area contributed by atoms with Gasteiger partial charge in [-0.05, 0) is 13.2 Å². The molecule has 0 aliphatic rings. The van der Waals surface area contributed by atoms with Crippen molar-refractivity contribution in [1.29, 1.82) is 0 Å². The van der Waals surface area contributed by atoms with E-state index in [1.807, 2.05) is 0 Å². The number of rotatable bonds is 1. The van der Waals surface area contributed by atoms with E-state index in [0.29, 0.717) is 0 Å². The molecule has 0 atom stereocenters. The zero-order chi connectivity index (χ0) is 9.70. The summed E-state index contributed by atoms with van der Waals surface area (Å²) >= 11 is 0. The zero-order valence-corrected chi connectivity index (χ0v) is 5.57. The second kappa shape index (κ2) is 24.4. The fraction of sp³-hybridized carbons (Fsp3) is 0. The van der Waals surface area contributed by atoms with E-state index in [2.05, 4.69) is 13.2 Å². The summed E-state index contributed by atoms with van der Waals surface area (Å²) in [4.78, 5) is 35.0. The third-order valence-electron chi connectivity index (χ3n) is 0.101. The van der Waals surface area contributed by atoms with Crippen molar-refractivity contribution in [3.63, 3.8) is 0 Å². The summed E-state index contributed by atoms with van der Waals surface area (Å²) in [5.41, 5.74) is 0. The summed E-state index contributed by atoms with van der Waals surface area (Å²) in [5.74, 6) is 1.07. The zero-order valence-electron chi connectivity index (χ0n) is 5.57. The van der Waals surface area contributed by atoms with Crippen LogP contribution in [0.25, 0.3) is 0 Å². The van der Waals surface area contributed by atoms with Crippen LogP contribution in [0.5, 0.6) is 0 Å². The van der Waals surface area contributed by atoms with E-state index < -0.39 is 5.97 Å². The molecule has 0 saturated heterocycles. The van der Waals surface area contributed by atoms with Gasteiger partial charge in [0.2, 0.25) is 6.29 Å². The highest BCUT2D eigenvalue weighted by Gasteiger charge is 1.80. The van der Waals surface area contributed by atoms with Gasteiger partial charge in [0.25, 0.3) is 0 Å². The number of aldehydes is 1. The Morgan fingerprint density at radius 2 is 1.36 bits per heavy atom. The molecule has 5 nitrogen and oxygen atoms in total. The molecule has 60 valence electrons. The topological polar surface area (TPSA) is 88.5 Å². The van der Waals surface area contributed by atoms with Gasteiger partial charge in [0.1, 0.15) is 11.9 Å². The molecule has 0 unspecified atom stereocenters. The molecule has 0 rings (SSSR count). The second-order valence-electron chi connectivity index (χ2n) is 0.745. The fourth-order valence-electron chi connectivity index (χ4n) is 0. The minimum absolute atomic E-state index is 0.167. The molecule has 0 heterocycles. The Morgan fingerprint density at radius 3 is 1.36 bits per heavy atom. The SMILES string of the molecule is C=C=O.C=C=O.O=CC(=O)O. The van der Waals surface area contributed by atoms with Crippen LogP contribution >= 0.6 is 0 Å². The van der Waals surface area contributed by atoms with Gasteiger partial charge in [-0.2, -0.15) is 0 Å². The largest absolute Gasteiger partial charge is 0.476 e. The predicted octanol–water partition coefficient (Wildman–Crippen LogP) is -0.722. The van der Waals surface area contributed by atoms with E-state index in [0.717, 1.165) is 0 Å². The van der Waals surface area contributed by atoms with Crippen molar-refractivity contribution in [2.24, 2.45) is 0 Å². The third kappa shape index (κ3) is 183000. The van der Waals surface area contributed by atoms with Crippen molar-refractivity contribution >= 4 is 24.1 Å². The number of carbonyl (C=O) groups excluding carboxylic acids is 3. The van der Waals surface area contributed by atoms with Crippen LogP contribution in [-0.4, -0.2) is 29.2 Å². The Hall–Kier alpha value is -1.96. The quantitative estimate of drug-likeness (QED) is 0.309. The first-order valence-electron chi connectivity index (χ1n) is 2.07. The van der Waals surface area contributed by atoms with Crippen LogP contribution in [-0.2, 0) is 19.2 Å². The van der Waals surface area contributed by atoms with Gasteiger partial charge in [0, 0.05) is 0 Å². The highest BCUT2D eigenvalue weighted by Crippen LogP contribution is 1.39. The summed E-state index contributed by atoms with van der Waals surface area (Å²) in [6.07, 6.45) is -0.167. The average Bonchev–Trinajstić information content (AvgIpc) is 1.91. The Morgan fingerprint density at radius 1 is 1.27 bits per heavy atom. The Kier molecular flexibility index (Phi) is 35.6. The van der Waals surface area contributed by atoms with Gasteiger partial charge < -0.3 is 5.11 Å². The Bertz CT molecular complexity index is 157. The van der Waals surface area contributed by atoms with Crippen molar-refractivity contribution in [1.82, 2.24) is 0 Å². The maximum absolute atomic E-state index is 9.00. The highest BCUT2D eigenvalue weighted by atomic mass is 16.4. The van der Waals surface area contributed by atoms with Gasteiger partial charge in [-0.3, -0.25) is 4.79 Å². The van der Waals surface area contributed by atoms with Gasteiger partial charge >= 0.3 is 5.97 Å². The first-order chi connectivity index (χ1) is 5.10. The molecular weight excluding hydrogens is 152 g/mol. The number of carboxylic acid groups (broad SMARTS) is 1. The van der Waals surface area contributed by atoms with Crippen LogP contribution in [0.3, 0.4) is 0 Å². The van der Waals surface area contributed by atoms with Crippen LogP contribution < -0.4 is 0 Å². The van der Waals surface area contributed by atoms with Crippen molar-refractivity contribution < 1.29 is 24.3 Å². The molecule has 0 bridgehead atoms. The maximum Gasteiger partial charge on any atom is 0.368 e. The van der Waals surface area contributed by atoms with Crippen molar-refractivity contribution in [3.05, 3.63) is 13.2 Å². The normalized spacial score (nSPS) is 4.36. The van der Waals surface area contributed by atoms with E-state index in [-0.39, 0.29) is 6.29 Å². The van der Waals surface area contributed by atoms with Gasteiger partial charge in [-0.15, -0.1) is 0 Å². The Balaban J connectivity index is -0.0000000933. The first-order valence-corrected chi connectivity index (χ1v) is 2.07. The van der Waals surface area contributed by atoms with Gasteiger partial charge in [0.05, 0.1) is 0 Å². The second-order valence-corrected chi connectivity index (χ2v) is 0.745. The maximum atomic E-state index is 9.00. The molecule has 0 saturated carbocycles. The lowest BCUT2D eigenvalue weighted by Gasteiger charge is -1.59. The third-order valence-corrected chi connectivity index (χ3v) is 0.101. The summed E-state index contributed by atoms with van der Waals surface area (Å²) in [6.45, 7) is 5.36. The van der Waals surface area contributed by atoms with Crippen LogP contribution in [0, 0.1) is 0 Å². The van der Waals surface area contributed by atoms with Crippen LogP contribution in [0.2, 0.25) is 0 Å². The number of hydrogen-bond acceptors (Lipinski definition) is 4. The standard InChI is InChI=1S/C2H2O3.2C2H2O/c3-1-2(4)5;2*1-2-3/h1H,(H,4,5);2*1H2. The molecule has 0 aromatic carbocycles. The van der Waals surface area contributed by atoms with E-state index in [4.69, 9.17) is 24.3 Å². The minimum atomic E-state index is -1.43. The van der Waals surface area contributed by atoms with Crippen molar-refractivity contribution in [3.8, 4) is 0 Å². The average molecular weight is 158 g/mol. The molecule has 0 radical (unpaired) electrons. The van der Waals surface area contributed by atoms with Crippen LogP contribution in [0.4, 0.5) is 0 Å². The predicted molar refractivity (Wildman–Crippen MR) is 36.3 cm³/mol. The van der Waals surface area contributed by atoms with Gasteiger partial charge in [-0.25, -0.2) is 14.4 Å². The lowest BCUT2D eigenvalue weighted by Crippen LogP contribution is -1.91. The van der Waals surface area contributed by atoms with E-state index in [1.165, 1.54) is 11.9 Å². The molecule has 5 heteroatoms. The number of carbonyl (C=O) groups is 2. The lowest BCUT2D eigenvalue weighted by molar-refractivity contribution is -0.143. The van der Waals surface area contributed by atoms with Gasteiger partial charge in [0.15, 0.2) is 0 Å². The lowest BCUT2D eigenvalue weighted by atomic mass is 10.8. The van der Waals surface area contributed by atoms with E-state index in [9.17, 15) is 0 Å². The van der Waals surface area contributed by atoms with E-state index in [1.54, 1.807) is 0 Å². The molecule has 0 aliphatic heterocycles. The van der Waals surface area contributed by atoms with E-state index >= 15 is 0 Å². The minimum Gasteiger partial charge on any atom is -0.476 e. The number of hydrogen-bond donors (Lipinski definition) is 1. The molecule has 0 fully saturated rings. The molecule has 0 spiro atoms. The summed E-state index contributed by atoms with van der Waals surface area (Å²) in [5, 5.41) is 7.35. The number of carboxylic acids is 1. The van der Waals surface area contributed by atoms with Crippen molar-refractivity contribution in [2.45, 2.75) is 0 Å². The smallest absolute Gasteiger partial charge is 0.368 e. The molecular formula is C6H6O5. The molecule has 0 amide bonds. The molecule has 11 heavy (non-hydrogen) atoms. The van der Waals surface area contributed by atoms with Gasteiger partial charge in [-0.1, -0.05) is 0 Å². The summed E-state index contributed by atoms with van der Waals surface area (Å²) in [6, 6.07) is 0. The van der Waals surface area contributed by atoms with Crippen molar-refractivity contribution in [2.75, 3.05) is 0 Å². The monoisotopic (exact) mass is 158 g/mol. The van der Waals surface area contributed by atoms with Crippen LogP contribution in [0.15, 0.2) is 13.2 Å². The first kappa shape index (κ1) is 16.0. The Labute approximate surface area is 62.6 Å². The summed E-state index contributed by atoms with van der Waals surface area (Å²) in [7, 11) is 0. The molecule has 0 aromatic rings. The molecule has 0 aliphatic carbocycles. The molecule has 0 aromatic heterocycles. The fourth-order valence-corrected chi connectivity index (χ4v) is 0.